The minimum Gasteiger partial charge on any atom is -0.490 e. The summed E-state index contributed by atoms with van der Waals surface area (Å²) in [5.41, 5.74) is 3.35. The largest absolute Gasteiger partial charge is 0.490 e. The van der Waals surface area contributed by atoms with Crippen molar-refractivity contribution >= 4 is 17.9 Å². The van der Waals surface area contributed by atoms with Gasteiger partial charge in [0, 0.05) is 23.4 Å². The van der Waals surface area contributed by atoms with Gasteiger partial charge >= 0.3 is 5.69 Å². The summed E-state index contributed by atoms with van der Waals surface area (Å²) in [5.74, 6) is 0.383. The van der Waals surface area contributed by atoms with E-state index in [1.807, 2.05) is 6.92 Å². The molecule has 0 saturated heterocycles. The Labute approximate surface area is 137 Å². The van der Waals surface area contributed by atoms with Crippen LogP contribution in [0.3, 0.4) is 0 Å². The van der Waals surface area contributed by atoms with Gasteiger partial charge in [-0.05, 0) is 18.6 Å². The molecule has 1 heterocycles. The zero-order valence-corrected chi connectivity index (χ0v) is 13.3. The second kappa shape index (κ2) is 7.86. The predicted molar refractivity (Wildman–Crippen MR) is 89.7 cm³/mol. The number of anilines is 1. The molecule has 0 aliphatic heterocycles. The van der Waals surface area contributed by atoms with Crippen LogP contribution in [0.5, 0.6) is 5.75 Å². The number of rotatable bonds is 7. The number of nitrogens with one attached hydrogen (secondary N) is 2. The van der Waals surface area contributed by atoms with Crippen LogP contribution in [-0.2, 0) is 6.42 Å². The Kier molecular flexibility index (Phi) is 5.61. The standard InChI is InChI=1S/C15H17N5O4/c1-3-4-11-8-14(21)18-15(17-11)19-16-9-10-5-6-13(24-2)12(7-10)20(22)23/h5-9H,3-4H2,1-2H3,(H2,17,18,19,21)/b16-9-. The van der Waals surface area contributed by atoms with Gasteiger partial charge in [-0.1, -0.05) is 13.3 Å². The lowest BCUT2D eigenvalue weighted by Gasteiger charge is -2.03. The van der Waals surface area contributed by atoms with Crippen LogP contribution in [0.2, 0.25) is 0 Å². The number of aryl methyl sites for hydroxylation is 1. The Morgan fingerprint density at radius 1 is 1.46 bits per heavy atom. The van der Waals surface area contributed by atoms with Crippen LogP contribution < -0.4 is 15.7 Å². The number of nitro benzene ring substituents is 1. The van der Waals surface area contributed by atoms with Crippen LogP contribution >= 0.6 is 0 Å². The Morgan fingerprint density at radius 3 is 2.92 bits per heavy atom. The average molecular weight is 331 g/mol. The highest BCUT2D eigenvalue weighted by Gasteiger charge is 2.14. The normalized spacial score (nSPS) is 10.8. The Morgan fingerprint density at radius 2 is 2.25 bits per heavy atom. The van der Waals surface area contributed by atoms with Crippen LogP contribution in [0.4, 0.5) is 11.6 Å². The van der Waals surface area contributed by atoms with E-state index >= 15 is 0 Å². The SMILES string of the molecule is CCCc1cc(=O)[nH]c(N/N=C\c2ccc(OC)c([N+](=O)[O-])c2)n1. The Balaban J connectivity index is 2.16. The quantitative estimate of drug-likeness (QED) is 0.455. The van der Waals surface area contributed by atoms with Gasteiger partial charge in [0.25, 0.3) is 5.56 Å². The number of H-pyrrole nitrogens is 1. The van der Waals surface area contributed by atoms with E-state index in [2.05, 4.69) is 20.5 Å². The molecule has 9 nitrogen and oxygen atoms in total. The van der Waals surface area contributed by atoms with Gasteiger partial charge in [-0.15, -0.1) is 0 Å². The van der Waals surface area contributed by atoms with Gasteiger partial charge in [0.2, 0.25) is 5.95 Å². The predicted octanol–water partition coefficient (Wildman–Crippen LogP) is 2.09. The third kappa shape index (κ3) is 4.38. The fourth-order valence-corrected chi connectivity index (χ4v) is 2.04. The number of hydrazone groups is 1. The van der Waals surface area contributed by atoms with Crippen molar-refractivity contribution in [3.05, 3.63) is 56.0 Å². The molecule has 0 amide bonds. The van der Waals surface area contributed by atoms with E-state index in [0.29, 0.717) is 17.7 Å². The topological polar surface area (TPSA) is 123 Å². The molecule has 1 aromatic heterocycles. The van der Waals surface area contributed by atoms with Crippen molar-refractivity contribution in [1.82, 2.24) is 9.97 Å². The number of aromatic amines is 1. The molecule has 0 radical (unpaired) electrons. The summed E-state index contributed by atoms with van der Waals surface area (Å²) in [4.78, 5) is 28.7. The molecule has 0 unspecified atom stereocenters. The Hall–Kier alpha value is -3.23. The number of hydrogen-bond acceptors (Lipinski definition) is 7. The lowest BCUT2D eigenvalue weighted by molar-refractivity contribution is -0.385. The first kappa shape index (κ1) is 17.1. The van der Waals surface area contributed by atoms with Crippen molar-refractivity contribution in [2.45, 2.75) is 19.8 Å². The summed E-state index contributed by atoms with van der Waals surface area (Å²) < 4.78 is 4.93. The first-order valence-corrected chi connectivity index (χ1v) is 7.25. The number of nitro groups is 1. The van der Waals surface area contributed by atoms with E-state index in [0.717, 1.165) is 6.42 Å². The second-order valence-electron chi connectivity index (χ2n) is 4.89. The fraction of sp³-hybridized carbons (Fsp3) is 0.267. The zero-order chi connectivity index (χ0) is 17.5. The van der Waals surface area contributed by atoms with Gasteiger partial charge in [-0.3, -0.25) is 19.9 Å². The summed E-state index contributed by atoms with van der Waals surface area (Å²) in [7, 11) is 1.36. The van der Waals surface area contributed by atoms with Gasteiger partial charge in [0.05, 0.1) is 18.2 Å². The van der Waals surface area contributed by atoms with E-state index in [9.17, 15) is 14.9 Å². The van der Waals surface area contributed by atoms with E-state index < -0.39 is 4.92 Å². The third-order valence-corrected chi connectivity index (χ3v) is 3.08. The lowest BCUT2D eigenvalue weighted by Crippen LogP contribution is -2.12. The molecule has 2 aromatic rings. The van der Waals surface area contributed by atoms with Crippen LogP contribution in [0.25, 0.3) is 0 Å². The minimum absolute atomic E-state index is 0.155. The summed E-state index contributed by atoms with van der Waals surface area (Å²) >= 11 is 0. The zero-order valence-electron chi connectivity index (χ0n) is 13.3. The fourth-order valence-electron chi connectivity index (χ4n) is 2.04. The molecule has 0 atom stereocenters. The third-order valence-electron chi connectivity index (χ3n) is 3.08. The molecule has 0 saturated carbocycles. The smallest absolute Gasteiger partial charge is 0.311 e. The van der Waals surface area contributed by atoms with Crippen molar-refractivity contribution < 1.29 is 9.66 Å². The molecule has 2 N–H and O–H groups in total. The number of ether oxygens (including phenoxy) is 1. The van der Waals surface area contributed by atoms with E-state index in [-0.39, 0.29) is 22.9 Å². The highest BCUT2D eigenvalue weighted by Crippen LogP contribution is 2.26. The number of nitrogens with zero attached hydrogens (tertiary/aromatic N) is 3. The van der Waals surface area contributed by atoms with Gasteiger partial charge in [0.15, 0.2) is 5.75 Å². The average Bonchev–Trinajstić information content (AvgIpc) is 2.54. The first-order valence-electron chi connectivity index (χ1n) is 7.25. The van der Waals surface area contributed by atoms with Crippen molar-refractivity contribution in [3.8, 4) is 5.75 Å². The molecule has 24 heavy (non-hydrogen) atoms. The molecule has 0 aliphatic carbocycles. The molecule has 126 valence electrons. The molecule has 0 bridgehead atoms. The van der Waals surface area contributed by atoms with Crippen molar-refractivity contribution in [3.63, 3.8) is 0 Å². The second-order valence-corrected chi connectivity index (χ2v) is 4.89. The minimum atomic E-state index is -0.531. The highest BCUT2D eigenvalue weighted by molar-refractivity contribution is 5.82. The van der Waals surface area contributed by atoms with Crippen molar-refractivity contribution in [1.29, 1.82) is 0 Å². The molecule has 0 spiro atoms. The monoisotopic (exact) mass is 331 g/mol. The number of benzene rings is 1. The number of methoxy groups -OCH3 is 1. The van der Waals surface area contributed by atoms with Gasteiger partial charge < -0.3 is 4.74 Å². The molecule has 0 fully saturated rings. The molecule has 9 heteroatoms. The maximum Gasteiger partial charge on any atom is 0.311 e. The molecule has 1 aromatic carbocycles. The lowest BCUT2D eigenvalue weighted by atomic mass is 10.2. The van der Waals surface area contributed by atoms with E-state index in [1.54, 1.807) is 6.07 Å². The van der Waals surface area contributed by atoms with Crippen molar-refractivity contribution in [2.75, 3.05) is 12.5 Å². The number of hydrogen-bond donors (Lipinski definition) is 2. The first-order chi connectivity index (χ1) is 11.5. The van der Waals surface area contributed by atoms with Gasteiger partial charge in [0.1, 0.15) is 0 Å². The van der Waals surface area contributed by atoms with Crippen LogP contribution in [0.15, 0.2) is 34.2 Å². The van der Waals surface area contributed by atoms with Gasteiger partial charge in [-0.2, -0.15) is 5.10 Å². The Bertz CT molecular complexity index is 816. The maximum atomic E-state index is 11.5. The van der Waals surface area contributed by atoms with Crippen molar-refractivity contribution in [2.24, 2.45) is 5.10 Å². The van der Waals surface area contributed by atoms with Gasteiger partial charge in [-0.25, -0.2) is 10.4 Å². The summed E-state index contributed by atoms with van der Waals surface area (Å²) in [6.07, 6.45) is 2.95. The maximum absolute atomic E-state index is 11.5. The van der Waals surface area contributed by atoms with E-state index in [1.165, 1.54) is 31.5 Å². The van der Waals surface area contributed by atoms with Crippen LogP contribution in [-0.4, -0.2) is 28.2 Å². The van der Waals surface area contributed by atoms with E-state index in [4.69, 9.17) is 4.74 Å². The summed E-state index contributed by atoms with van der Waals surface area (Å²) in [6, 6.07) is 5.89. The summed E-state index contributed by atoms with van der Waals surface area (Å²) in [6.45, 7) is 1.99. The molecular weight excluding hydrogens is 314 g/mol. The van der Waals surface area contributed by atoms with Crippen LogP contribution in [0.1, 0.15) is 24.6 Å². The highest BCUT2D eigenvalue weighted by atomic mass is 16.6. The molecule has 0 aliphatic rings. The molecule has 2 rings (SSSR count). The number of aromatic nitrogens is 2. The molecular formula is C15H17N5O4. The van der Waals surface area contributed by atoms with Crippen LogP contribution in [0, 0.1) is 10.1 Å². The summed E-state index contributed by atoms with van der Waals surface area (Å²) in [5, 5.41) is 14.9.